The second-order valence-corrected chi connectivity index (χ2v) is 1.84. The van der Waals surface area contributed by atoms with E-state index < -0.39 is 5.85 Å². The molecular formula is C6H5FN2O. The summed E-state index contributed by atoms with van der Waals surface area (Å²) in [7, 11) is 0. The molecule has 0 spiro atoms. The molecule has 0 saturated carbocycles. The average Bonchev–Trinajstić information content (AvgIpc) is 1.87. The molecule has 1 rings (SSSR count). The fraction of sp³-hybridized carbons (Fsp3) is 0.167. The Balaban J connectivity index is 2.93. The van der Waals surface area contributed by atoms with Crippen LogP contribution >= 0.6 is 0 Å². The summed E-state index contributed by atoms with van der Waals surface area (Å²) in [5, 5.41) is 19.5. The van der Waals surface area contributed by atoms with Crippen LogP contribution in [0.3, 0.4) is 0 Å². The summed E-state index contributed by atoms with van der Waals surface area (Å²) in [4.78, 5) is 0. The lowest BCUT2D eigenvalue weighted by Gasteiger charge is -2.15. The first kappa shape index (κ1) is 6.78. The van der Waals surface area contributed by atoms with E-state index in [1.54, 1.807) is 0 Å². The molecular weight excluding hydrogens is 135 g/mol. The van der Waals surface area contributed by atoms with Gasteiger partial charge in [-0.1, -0.05) is 0 Å². The number of hydrogen-bond acceptors (Lipinski definition) is 3. The van der Waals surface area contributed by atoms with Crippen LogP contribution in [0.4, 0.5) is 4.39 Å². The van der Waals surface area contributed by atoms with Crippen LogP contribution < -0.4 is 5.32 Å². The fourth-order valence-corrected chi connectivity index (χ4v) is 0.592. The van der Waals surface area contributed by atoms with Crippen LogP contribution in [0, 0.1) is 11.3 Å². The lowest BCUT2D eigenvalue weighted by atomic mass is 10.1. The second kappa shape index (κ2) is 2.12. The van der Waals surface area contributed by atoms with Gasteiger partial charge < -0.3 is 10.4 Å². The predicted molar refractivity (Wildman–Crippen MR) is 32.0 cm³/mol. The molecule has 1 atom stereocenters. The van der Waals surface area contributed by atoms with Crippen molar-refractivity contribution in [2.24, 2.45) is 0 Å². The molecule has 0 radical (unpaired) electrons. The Hall–Kier alpha value is -1.34. The van der Waals surface area contributed by atoms with Crippen LogP contribution in [0.25, 0.3) is 0 Å². The minimum atomic E-state index is -2.60. The van der Waals surface area contributed by atoms with Crippen molar-refractivity contribution in [3.8, 4) is 6.07 Å². The standard InChI is InChI=1S/C6H5FN2O/c7-6(10)1-2-9-4-5(6)3-8/h1-2,4,9-10H. The van der Waals surface area contributed by atoms with Crippen molar-refractivity contribution in [2.75, 3.05) is 0 Å². The highest BCUT2D eigenvalue weighted by atomic mass is 19.2. The number of alkyl halides is 1. The summed E-state index contributed by atoms with van der Waals surface area (Å²) in [5.41, 5.74) is -0.338. The van der Waals surface area contributed by atoms with E-state index in [0.29, 0.717) is 0 Å². The number of aliphatic hydroxyl groups is 1. The number of nitrogens with one attached hydrogen (secondary N) is 1. The van der Waals surface area contributed by atoms with Gasteiger partial charge in [0.25, 0.3) is 5.85 Å². The summed E-state index contributed by atoms with van der Waals surface area (Å²) < 4.78 is 12.7. The summed E-state index contributed by atoms with van der Waals surface area (Å²) in [6.07, 6.45) is 3.20. The van der Waals surface area contributed by atoms with Gasteiger partial charge in [-0.25, -0.2) is 4.39 Å². The van der Waals surface area contributed by atoms with Crippen molar-refractivity contribution in [2.45, 2.75) is 5.85 Å². The van der Waals surface area contributed by atoms with Crippen molar-refractivity contribution in [1.29, 1.82) is 5.26 Å². The van der Waals surface area contributed by atoms with Gasteiger partial charge in [-0.05, 0) is 0 Å². The first-order valence-electron chi connectivity index (χ1n) is 2.62. The van der Waals surface area contributed by atoms with E-state index in [1.165, 1.54) is 12.3 Å². The molecule has 52 valence electrons. The molecule has 1 aliphatic heterocycles. The summed E-state index contributed by atoms with van der Waals surface area (Å²) in [5.74, 6) is -2.60. The van der Waals surface area contributed by atoms with Crippen LogP contribution in [-0.4, -0.2) is 11.0 Å². The Morgan fingerprint density at radius 1 is 1.80 bits per heavy atom. The number of nitriles is 1. The molecule has 0 aromatic rings. The number of nitrogens with zero attached hydrogens (tertiary/aromatic N) is 1. The van der Waals surface area contributed by atoms with Crippen LogP contribution in [-0.2, 0) is 0 Å². The third-order valence-electron chi connectivity index (χ3n) is 1.13. The lowest BCUT2D eigenvalue weighted by molar-refractivity contribution is -0.00280. The third-order valence-corrected chi connectivity index (χ3v) is 1.13. The molecule has 2 N–H and O–H groups in total. The SMILES string of the molecule is N#CC1=CNC=CC1(O)F. The molecule has 0 saturated heterocycles. The number of halogens is 1. The van der Waals surface area contributed by atoms with E-state index >= 15 is 0 Å². The maximum absolute atomic E-state index is 12.7. The van der Waals surface area contributed by atoms with Crippen LogP contribution in [0.2, 0.25) is 0 Å². The molecule has 1 heterocycles. The van der Waals surface area contributed by atoms with Crippen molar-refractivity contribution < 1.29 is 9.50 Å². The molecule has 1 aliphatic rings. The van der Waals surface area contributed by atoms with Gasteiger partial charge in [0.15, 0.2) is 0 Å². The first-order chi connectivity index (χ1) is 4.67. The zero-order valence-corrected chi connectivity index (χ0v) is 5.00. The predicted octanol–water partition coefficient (Wildman–Crippen LogP) is 0.169. The van der Waals surface area contributed by atoms with E-state index in [2.05, 4.69) is 5.32 Å². The van der Waals surface area contributed by atoms with Crippen molar-refractivity contribution >= 4 is 0 Å². The molecule has 0 amide bonds. The first-order valence-corrected chi connectivity index (χ1v) is 2.62. The quantitative estimate of drug-likeness (QED) is 0.504. The summed E-state index contributed by atoms with van der Waals surface area (Å²) in [6, 6.07) is 1.52. The highest BCUT2D eigenvalue weighted by Crippen LogP contribution is 2.20. The zero-order valence-electron chi connectivity index (χ0n) is 5.00. The Morgan fingerprint density at radius 3 is 2.90 bits per heavy atom. The van der Waals surface area contributed by atoms with E-state index in [9.17, 15) is 4.39 Å². The lowest BCUT2D eigenvalue weighted by Crippen LogP contribution is -2.26. The van der Waals surface area contributed by atoms with Gasteiger partial charge in [0, 0.05) is 18.5 Å². The van der Waals surface area contributed by atoms with Crippen molar-refractivity contribution in [1.82, 2.24) is 5.32 Å². The molecule has 0 aromatic carbocycles. The van der Waals surface area contributed by atoms with E-state index in [1.807, 2.05) is 0 Å². The summed E-state index contributed by atoms with van der Waals surface area (Å²) in [6.45, 7) is 0. The van der Waals surface area contributed by atoms with Gasteiger partial charge in [-0.15, -0.1) is 0 Å². The molecule has 0 bridgehead atoms. The van der Waals surface area contributed by atoms with Gasteiger partial charge in [0.2, 0.25) is 0 Å². The normalized spacial score (nSPS) is 30.3. The van der Waals surface area contributed by atoms with Crippen LogP contribution in [0.15, 0.2) is 24.0 Å². The maximum Gasteiger partial charge on any atom is 0.265 e. The Kier molecular flexibility index (Phi) is 1.44. The molecule has 10 heavy (non-hydrogen) atoms. The minimum Gasteiger partial charge on any atom is -0.367 e. The van der Waals surface area contributed by atoms with Gasteiger partial charge in [0.05, 0.1) is 0 Å². The van der Waals surface area contributed by atoms with Crippen LogP contribution in [0.5, 0.6) is 0 Å². The number of dihydropyridines is 1. The Bertz CT molecular complexity index is 237. The van der Waals surface area contributed by atoms with E-state index in [4.69, 9.17) is 10.4 Å². The monoisotopic (exact) mass is 140 g/mol. The van der Waals surface area contributed by atoms with Gasteiger partial charge in [-0.3, -0.25) is 0 Å². The smallest absolute Gasteiger partial charge is 0.265 e. The van der Waals surface area contributed by atoms with E-state index in [-0.39, 0.29) is 5.57 Å². The maximum atomic E-state index is 12.7. The van der Waals surface area contributed by atoms with Gasteiger partial charge >= 0.3 is 0 Å². The minimum absolute atomic E-state index is 0.338. The topological polar surface area (TPSA) is 56.0 Å². The molecule has 3 nitrogen and oxygen atoms in total. The van der Waals surface area contributed by atoms with Gasteiger partial charge in [-0.2, -0.15) is 5.26 Å². The second-order valence-electron chi connectivity index (χ2n) is 1.84. The molecule has 0 aliphatic carbocycles. The highest BCUT2D eigenvalue weighted by molar-refractivity contribution is 5.35. The number of hydrogen-bond donors (Lipinski definition) is 2. The highest BCUT2D eigenvalue weighted by Gasteiger charge is 2.29. The fourth-order valence-electron chi connectivity index (χ4n) is 0.592. The Labute approximate surface area is 57.1 Å². The largest absolute Gasteiger partial charge is 0.367 e. The van der Waals surface area contributed by atoms with Crippen LogP contribution in [0.1, 0.15) is 0 Å². The van der Waals surface area contributed by atoms with Crippen molar-refractivity contribution in [3.63, 3.8) is 0 Å². The van der Waals surface area contributed by atoms with Crippen molar-refractivity contribution in [3.05, 3.63) is 24.0 Å². The third kappa shape index (κ3) is 0.993. The summed E-state index contributed by atoms with van der Waals surface area (Å²) >= 11 is 0. The molecule has 0 fully saturated rings. The van der Waals surface area contributed by atoms with Gasteiger partial charge in [0.1, 0.15) is 11.6 Å². The number of rotatable bonds is 0. The molecule has 4 heteroatoms. The average molecular weight is 140 g/mol. The zero-order chi connectivity index (χ0) is 7.61. The molecule has 0 aromatic heterocycles. The van der Waals surface area contributed by atoms with E-state index in [0.717, 1.165) is 12.3 Å². The molecule has 1 unspecified atom stereocenters. The Morgan fingerprint density at radius 2 is 2.50 bits per heavy atom.